The Morgan fingerprint density at radius 2 is 1.32 bits per heavy atom. The Hall–Kier alpha value is -2.12. The van der Waals surface area contributed by atoms with Gasteiger partial charge in [0.2, 0.25) is 0 Å². The minimum atomic E-state index is -0.246. The lowest BCUT2D eigenvalue weighted by Crippen LogP contribution is -1.87. The summed E-state index contributed by atoms with van der Waals surface area (Å²) < 4.78 is 14.1. The quantitative estimate of drug-likeness (QED) is 0.375. The molecule has 2 heteroatoms. The molecule has 0 heterocycles. The molecule has 3 rings (SSSR count). The summed E-state index contributed by atoms with van der Waals surface area (Å²) >= 11 is 2.33. The average molecular weight is 398 g/mol. The molecule has 0 saturated carbocycles. The Bertz CT molecular complexity index is 855. The van der Waals surface area contributed by atoms with Crippen LogP contribution in [0.4, 0.5) is 4.39 Å². The normalized spacial score (nSPS) is 9.91. The van der Waals surface area contributed by atoms with E-state index in [1.807, 2.05) is 30.3 Å². The van der Waals surface area contributed by atoms with Gasteiger partial charge >= 0.3 is 0 Å². The first-order valence-corrected chi connectivity index (χ1v) is 7.93. The molecule has 0 unspecified atom stereocenters. The fraction of sp³-hybridized carbons (Fsp3) is 0. The molecule has 3 aromatic carbocycles. The molecular formula is C20H12FI. The maximum Gasteiger partial charge on any atom is 0.123 e. The highest BCUT2D eigenvalue weighted by Gasteiger charge is 2.05. The van der Waals surface area contributed by atoms with Gasteiger partial charge in [-0.3, -0.25) is 0 Å². The smallest absolute Gasteiger partial charge is 0.123 e. The molecule has 106 valence electrons. The van der Waals surface area contributed by atoms with Crippen LogP contribution in [-0.4, -0.2) is 0 Å². The van der Waals surface area contributed by atoms with Crippen molar-refractivity contribution in [2.24, 2.45) is 0 Å². The zero-order valence-corrected chi connectivity index (χ0v) is 13.8. The molecule has 22 heavy (non-hydrogen) atoms. The molecule has 0 N–H and O–H groups in total. The lowest BCUT2D eigenvalue weighted by atomic mass is 10.00. The summed E-state index contributed by atoms with van der Waals surface area (Å²) in [7, 11) is 0. The fourth-order valence-electron chi connectivity index (χ4n) is 2.18. The van der Waals surface area contributed by atoms with E-state index in [0.717, 1.165) is 16.7 Å². The summed E-state index contributed by atoms with van der Waals surface area (Å²) in [4.78, 5) is 0. The van der Waals surface area contributed by atoms with Crippen LogP contribution in [0.25, 0.3) is 11.1 Å². The molecule has 0 aliphatic heterocycles. The largest absolute Gasteiger partial charge is 0.207 e. The third-order valence-corrected chi connectivity index (χ3v) is 4.22. The Labute approximate surface area is 143 Å². The molecule has 0 saturated heterocycles. The van der Waals surface area contributed by atoms with Gasteiger partial charge in [0.1, 0.15) is 5.82 Å². The monoisotopic (exact) mass is 398 g/mol. The van der Waals surface area contributed by atoms with Crippen LogP contribution in [0.15, 0.2) is 72.8 Å². The minimum absolute atomic E-state index is 0.246. The highest BCUT2D eigenvalue weighted by molar-refractivity contribution is 14.1. The van der Waals surface area contributed by atoms with Gasteiger partial charge in [-0.15, -0.1) is 0 Å². The van der Waals surface area contributed by atoms with E-state index in [-0.39, 0.29) is 5.82 Å². The third kappa shape index (κ3) is 3.37. The highest BCUT2D eigenvalue weighted by atomic mass is 127. The summed E-state index contributed by atoms with van der Waals surface area (Å²) in [6.45, 7) is 0. The van der Waals surface area contributed by atoms with Gasteiger partial charge in [-0.25, -0.2) is 4.39 Å². The first kappa shape index (κ1) is 14.8. The molecule has 0 aromatic heterocycles. The molecule has 0 aliphatic carbocycles. The SMILES string of the molecule is Fc1ccc(C#Cc2ccccc2-c2ccccc2I)cc1. The minimum Gasteiger partial charge on any atom is -0.207 e. The summed E-state index contributed by atoms with van der Waals surface area (Å²) in [5.41, 5.74) is 4.06. The van der Waals surface area contributed by atoms with E-state index >= 15 is 0 Å². The number of hydrogen-bond acceptors (Lipinski definition) is 0. The second-order valence-electron chi connectivity index (χ2n) is 4.78. The van der Waals surface area contributed by atoms with E-state index in [4.69, 9.17) is 0 Å². The van der Waals surface area contributed by atoms with Crippen molar-refractivity contribution in [3.05, 3.63) is 93.3 Å². The van der Waals surface area contributed by atoms with Crippen molar-refractivity contribution in [3.63, 3.8) is 0 Å². The Morgan fingerprint density at radius 1 is 0.682 bits per heavy atom. The van der Waals surface area contributed by atoms with Gasteiger partial charge in [-0.2, -0.15) is 0 Å². The molecule has 0 bridgehead atoms. The van der Waals surface area contributed by atoms with Crippen LogP contribution < -0.4 is 0 Å². The molecule has 0 atom stereocenters. The summed E-state index contributed by atoms with van der Waals surface area (Å²) in [5.74, 6) is 6.05. The van der Waals surface area contributed by atoms with Gasteiger partial charge in [0.05, 0.1) is 0 Å². The number of benzene rings is 3. The summed E-state index contributed by atoms with van der Waals surface area (Å²) in [5, 5.41) is 0. The van der Waals surface area contributed by atoms with Crippen molar-refractivity contribution in [3.8, 4) is 23.0 Å². The molecular weight excluding hydrogens is 386 g/mol. The van der Waals surface area contributed by atoms with E-state index in [9.17, 15) is 4.39 Å². The van der Waals surface area contributed by atoms with Crippen LogP contribution in [0.1, 0.15) is 11.1 Å². The third-order valence-electron chi connectivity index (χ3n) is 3.28. The van der Waals surface area contributed by atoms with E-state index in [2.05, 4.69) is 52.6 Å². The second-order valence-corrected chi connectivity index (χ2v) is 5.94. The van der Waals surface area contributed by atoms with Gasteiger partial charge in [-0.1, -0.05) is 48.2 Å². The van der Waals surface area contributed by atoms with Crippen molar-refractivity contribution in [2.75, 3.05) is 0 Å². The molecule has 0 radical (unpaired) electrons. The molecule has 0 spiro atoms. The van der Waals surface area contributed by atoms with Crippen LogP contribution >= 0.6 is 22.6 Å². The zero-order chi connectivity index (χ0) is 15.4. The predicted molar refractivity (Wildman–Crippen MR) is 97.0 cm³/mol. The average Bonchev–Trinajstić information content (AvgIpc) is 2.55. The van der Waals surface area contributed by atoms with Crippen molar-refractivity contribution in [2.45, 2.75) is 0 Å². The zero-order valence-electron chi connectivity index (χ0n) is 11.7. The highest BCUT2D eigenvalue weighted by Crippen LogP contribution is 2.27. The number of rotatable bonds is 1. The standard InChI is InChI=1S/C20H12FI/c21-17-13-10-15(11-14-17)9-12-16-5-1-2-6-18(16)19-7-3-4-8-20(19)22/h1-8,10-11,13-14H. The van der Waals surface area contributed by atoms with E-state index in [1.54, 1.807) is 12.1 Å². The molecule has 0 aliphatic rings. The molecule has 0 amide bonds. The van der Waals surface area contributed by atoms with Gasteiger partial charge in [0, 0.05) is 14.7 Å². The number of hydrogen-bond donors (Lipinski definition) is 0. The first-order chi connectivity index (χ1) is 10.7. The Morgan fingerprint density at radius 3 is 2.05 bits per heavy atom. The second kappa shape index (κ2) is 6.76. The van der Waals surface area contributed by atoms with Crippen LogP contribution in [0, 0.1) is 21.2 Å². The first-order valence-electron chi connectivity index (χ1n) is 6.85. The predicted octanol–water partition coefficient (Wildman–Crippen LogP) is 5.50. The summed E-state index contributed by atoms with van der Waals surface area (Å²) in [6.07, 6.45) is 0. The van der Waals surface area contributed by atoms with Crippen molar-refractivity contribution in [1.29, 1.82) is 0 Å². The lowest BCUT2D eigenvalue weighted by Gasteiger charge is -2.07. The van der Waals surface area contributed by atoms with Crippen LogP contribution in [0.2, 0.25) is 0 Å². The molecule has 3 aromatic rings. The summed E-state index contributed by atoms with van der Waals surface area (Å²) in [6, 6.07) is 22.6. The Kier molecular flexibility index (Phi) is 4.55. The fourth-order valence-corrected chi connectivity index (χ4v) is 2.86. The van der Waals surface area contributed by atoms with Gasteiger partial charge < -0.3 is 0 Å². The maximum absolute atomic E-state index is 12.9. The van der Waals surface area contributed by atoms with Crippen molar-refractivity contribution in [1.82, 2.24) is 0 Å². The van der Waals surface area contributed by atoms with Crippen molar-refractivity contribution >= 4 is 22.6 Å². The Balaban J connectivity index is 2.03. The van der Waals surface area contributed by atoms with Gasteiger partial charge in [-0.05, 0) is 70.1 Å². The molecule has 0 nitrogen and oxygen atoms in total. The van der Waals surface area contributed by atoms with E-state index < -0.39 is 0 Å². The number of halogens is 2. The van der Waals surface area contributed by atoms with Gasteiger partial charge in [0.15, 0.2) is 0 Å². The van der Waals surface area contributed by atoms with Crippen molar-refractivity contribution < 1.29 is 4.39 Å². The van der Waals surface area contributed by atoms with Crippen LogP contribution in [0.3, 0.4) is 0 Å². The lowest BCUT2D eigenvalue weighted by molar-refractivity contribution is 0.627. The van der Waals surface area contributed by atoms with E-state index in [1.165, 1.54) is 21.3 Å². The van der Waals surface area contributed by atoms with E-state index in [0.29, 0.717) is 0 Å². The van der Waals surface area contributed by atoms with Crippen LogP contribution in [0.5, 0.6) is 0 Å². The molecule has 0 fully saturated rings. The van der Waals surface area contributed by atoms with Crippen LogP contribution in [-0.2, 0) is 0 Å². The van der Waals surface area contributed by atoms with Gasteiger partial charge in [0.25, 0.3) is 0 Å². The topological polar surface area (TPSA) is 0 Å². The maximum atomic E-state index is 12.9.